The van der Waals surface area contributed by atoms with Gasteiger partial charge in [-0.3, -0.25) is 8.42 Å². The van der Waals surface area contributed by atoms with Crippen LogP contribution >= 0.6 is 55.1 Å². The molecule has 0 unspecified atom stereocenters. The molecule has 0 spiro atoms. The first-order valence-electron chi connectivity index (χ1n) is 11.0. The van der Waals surface area contributed by atoms with E-state index in [-0.39, 0.29) is 8.32 Å². The topological polar surface area (TPSA) is 34.1 Å². The fourth-order valence-electron chi connectivity index (χ4n) is 3.18. The van der Waals surface area contributed by atoms with E-state index in [2.05, 4.69) is 31.9 Å². The maximum atomic E-state index is 12.3. The van der Waals surface area contributed by atoms with Gasteiger partial charge in [-0.2, -0.15) is 0 Å². The third-order valence-corrected chi connectivity index (χ3v) is 11.0. The summed E-state index contributed by atoms with van der Waals surface area (Å²) in [4.78, 5) is 1.58. The first kappa shape index (κ1) is 29.3. The number of benzene rings is 4. The van der Waals surface area contributed by atoms with Gasteiger partial charge in [-0.15, -0.1) is 0 Å². The quantitative estimate of drug-likeness (QED) is 0.174. The Labute approximate surface area is 244 Å². The largest absolute Gasteiger partial charge is 0.253 e. The monoisotopic (exact) mass is 684 g/mol. The molecular weight excluding hydrogens is 663 g/mol. The van der Waals surface area contributed by atoms with Crippen LogP contribution in [0.15, 0.2) is 119 Å². The Balaban J connectivity index is 0.000000201. The molecule has 0 saturated heterocycles. The molecule has 0 aromatic heterocycles. The van der Waals surface area contributed by atoms with Crippen LogP contribution in [0.2, 0.25) is 10.0 Å². The third kappa shape index (κ3) is 9.55. The van der Waals surface area contributed by atoms with Crippen molar-refractivity contribution < 1.29 is 8.42 Å². The van der Waals surface area contributed by atoms with Crippen LogP contribution in [0, 0.1) is 0 Å². The Morgan fingerprint density at radius 2 is 0.833 bits per heavy atom. The van der Waals surface area contributed by atoms with E-state index in [9.17, 15) is 8.42 Å². The molecule has 0 aliphatic carbocycles. The second-order valence-corrected chi connectivity index (χ2v) is 15.3. The predicted octanol–water partition coefficient (Wildman–Crippen LogP) is 8.82. The van der Waals surface area contributed by atoms with E-state index in [1.54, 1.807) is 48.5 Å². The summed E-state index contributed by atoms with van der Waals surface area (Å²) in [6.07, 6.45) is 1.46. The first-order valence-corrected chi connectivity index (χ1v) is 16.0. The van der Waals surface area contributed by atoms with E-state index in [0.29, 0.717) is 10.0 Å². The number of halogens is 4. The van der Waals surface area contributed by atoms with Crippen molar-refractivity contribution in [2.45, 2.75) is 31.0 Å². The number of hydrogen-bond acceptors (Lipinski definition) is 2. The SMILES string of the molecule is O=[S@](c1ccc(Cl)cc1)[C@H](Br)Cc1ccccc1.O=[S@](c1ccc(Cl)cc1)[C@H](Br)Cc1ccccc1. The smallest absolute Gasteiger partial charge is 0.0985 e. The second-order valence-electron chi connectivity index (χ2n) is 7.70. The summed E-state index contributed by atoms with van der Waals surface area (Å²) in [7, 11) is -2.16. The zero-order chi connectivity index (χ0) is 25.9. The number of rotatable bonds is 8. The molecule has 0 amide bonds. The van der Waals surface area contributed by atoms with Gasteiger partial charge in [0, 0.05) is 19.8 Å². The molecule has 0 bridgehead atoms. The standard InChI is InChI=1S/2C14H12BrClOS/c2*15-14(10-11-4-2-1-3-5-11)18(17)13-8-6-12(16)7-9-13/h2*1-9,14H,10H2/t2*14-,18+/m00/s1. The fraction of sp³-hybridized carbons (Fsp3) is 0.143. The molecular formula is C28H24Br2Cl2O2S2. The van der Waals surface area contributed by atoms with Gasteiger partial charge in [0.1, 0.15) is 0 Å². The van der Waals surface area contributed by atoms with E-state index in [4.69, 9.17) is 23.2 Å². The third-order valence-electron chi connectivity index (χ3n) is 5.03. The Bertz CT molecular complexity index is 1160. The summed E-state index contributed by atoms with van der Waals surface area (Å²) < 4.78 is 24.4. The van der Waals surface area contributed by atoms with Crippen molar-refractivity contribution in [1.29, 1.82) is 0 Å². The minimum absolute atomic E-state index is 0.0962. The highest BCUT2D eigenvalue weighted by molar-refractivity contribution is 9.11. The van der Waals surface area contributed by atoms with Crippen molar-refractivity contribution in [2.24, 2.45) is 0 Å². The van der Waals surface area contributed by atoms with Gasteiger partial charge in [-0.25, -0.2) is 0 Å². The van der Waals surface area contributed by atoms with Crippen molar-refractivity contribution in [3.05, 3.63) is 130 Å². The molecule has 4 rings (SSSR count). The van der Waals surface area contributed by atoms with E-state index in [1.165, 1.54) is 11.1 Å². The molecule has 0 aliphatic heterocycles. The highest BCUT2D eigenvalue weighted by atomic mass is 79.9. The summed E-state index contributed by atoms with van der Waals surface area (Å²) in [6, 6.07) is 34.3. The fourth-order valence-corrected chi connectivity index (χ4v) is 7.56. The van der Waals surface area contributed by atoms with E-state index in [1.807, 2.05) is 60.7 Å². The average molecular weight is 687 g/mol. The van der Waals surface area contributed by atoms with Crippen LogP contribution in [0.5, 0.6) is 0 Å². The van der Waals surface area contributed by atoms with Gasteiger partial charge >= 0.3 is 0 Å². The van der Waals surface area contributed by atoms with Crippen molar-refractivity contribution >= 4 is 76.7 Å². The highest BCUT2D eigenvalue weighted by Crippen LogP contribution is 2.22. The molecule has 4 aromatic carbocycles. The molecule has 188 valence electrons. The van der Waals surface area contributed by atoms with Crippen LogP contribution in [-0.4, -0.2) is 16.7 Å². The summed E-state index contributed by atoms with van der Waals surface area (Å²) >= 11 is 18.6. The average Bonchev–Trinajstić information content (AvgIpc) is 2.90. The minimum atomic E-state index is -1.08. The molecule has 36 heavy (non-hydrogen) atoms. The van der Waals surface area contributed by atoms with E-state index >= 15 is 0 Å². The van der Waals surface area contributed by atoms with Crippen LogP contribution in [0.1, 0.15) is 11.1 Å². The molecule has 4 atom stereocenters. The molecule has 0 heterocycles. The molecule has 0 N–H and O–H groups in total. The number of hydrogen-bond donors (Lipinski definition) is 0. The maximum absolute atomic E-state index is 12.3. The molecule has 0 fully saturated rings. The molecule has 4 aromatic rings. The summed E-state index contributed by atoms with van der Waals surface area (Å²) in [6.45, 7) is 0. The Hall–Kier alpha value is -1.28. The van der Waals surface area contributed by atoms with Gasteiger partial charge in [0.2, 0.25) is 0 Å². The summed E-state index contributed by atoms with van der Waals surface area (Å²) in [5, 5.41) is 1.31. The molecule has 0 radical (unpaired) electrons. The molecule has 0 saturated carbocycles. The van der Waals surface area contributed by atoms with Gasteiger partial charge in [0.25, 0.3) is 0 Å². The van der Waals surface area contributed by atoms with Gasteiger partial charge in [0.15, 0.2) is 0 Å². The van der Waals surface area contributed by atoms with Crippen LogP contribution in [-0.2, 0) is 34.4 Å². The van der Waals surface area contributed by atoms with E-state index in [0.717, 1.165) is 22.6 Å². The van der Waals surface area contributed by atoms with Gasteiger partial charge in [-0.05, 0) is 72.5 Å². The van der Waals surface area contributed by atoms with E-state index < -0.39 is 21.6 Å². The van der Waals surface area contributed by atoms with Gasteiger partial charge in [-0.1, -0.05) is 116 Å². The Kier molecular flexibility index (Phi) is 12.4. The predicted molar refractivity (Wildman–Crippen MR) is 161 cm³/mol. The van der Waals surface area contributed by atoms with Crippen LogP contribution in [0.3, 0.4) is 0 Å². The van der Waals surface area contributed by atoms with Crippen LogP contribution in [0.25, 0.3) is 0 Å². The number of alkyl halides is 2. The molecule has 0 aliphatic rings. The van der Waals surface area contributed by atoms with Crippen molar-refractivity contribution in [2.75, 3.05) is 0 Å². The molecule has 8 heteroatoms. The van der Waals surface area contributed by atoms with Crippen LogP contribution in [0.4, 0.5) is 0 Å². The van der Waals surface area contributed by atoms with Crippen molar-refractivity contribution in [1.82, 2.24) is 0 Å². The zero-order valence-electron chi connectivity index (χ0n) is 19.1. The Morgan fingerprint density at radius 3 is 1.14 bits per heavy atom. The van der Waals surface area contributed by atoms with Crippen molar-refractivity contribution in [3.63, 3.8) is 0 Å². The summed E-state index contributed by atoms with van der Waals surface area (Å²) in [5.41, 5.74) is 2.34. The second kappa shape index (κ2) is 15.2. The van der Waals surface area contributed by atoms with Crippen LogP contribution < -0.4 is 0 Å². The lowest BCUT2D eigenvalue weighted by Gasteiger charge is -2.10. The highest BCUT2D eigenvalue weighted by Gasteiger charge is 2.16. The van der Waals surface area contributed by atoms with Gasteiger partial charge in [0.05, 0.1) is 29.9 Å². The zero-order valence-corrected chi connectivity index (χ0v) is 25.4. The molecule has 2 nitrogen and oxygen atoms in total. The minimum Gasteiger partial charge on any atom is -0.253 e. The lowest BCUT2D eigenvalue weighted by atomic mass is 10.2. The maximum Gasteiger partial charge on any atom is 0.0985 e. The van der Waals surface area contributed by atoms with Gasteiger partial charge < -0.3 is 0 Å². The lowest BCUT2D eigenvalue weighted by Crippen LogP contribution is -2.10. The van der Waals surface area contributed by atoms with Crippen molar-refractivity contribution in [3.8, 4) is 0 Å². The normalized spacial score (nSPS) is 14.1. The first-order chi connectivity index (χ1) is 17.3. The summed E-state index contributed by atoms with van der Waals surface area (Å²) in [5.74, 6) is 0. The lowest BCUT2D eigenvalue weighted by molar-refractivity contribution is 0.680. The Morgan fingerprint density at radius 1 is 0.528 bits per heavy atom.